The highest BCUT2D eigenvalue weighted by Gasteiger charge is 2.33. The van der Waals surface area contributed by atoms with E-state index in [1.54, 1.807) is 59.7 Å². The molecule has 0 aliphatic heterocycles. The van der Waals surface area contributed by atoms with Gasteiger partial charge in [-0.25, -0.2) is 22.4 Å². The van der Waals surface area contributed by atoms with E-state index in [0.29, 0.717) is 11.3 Å². The third kappa shape index (κ3) is 4.42. The zero-order valence-corrected chi connectivity index (χ0v) is 19.9. The molecule has 0 atom stereocenters. The first kappa shape index (κ1) is 23.9. The van der Waals surface area contributed by atoms with E-state index in [9.17, 15) is 21.6 Å². The molecule has 0 unspecified atom stereocenters. The van der Waals surface area contributed by atoms with Crippen LogP contribution in [0.5, 0.6) is 0 Å². The van der Waals surface area contributed by atoms with Gasteiger partial charge in [0.2, 0.25) is 0 Å². The second kappa shape index (κ2) is 8.99. The minimum Gasteiger partial charge on any atom is -0.289 e. The van der Waals surface area contributed by atoms with Gasteiger partial charge in [-0.1, -0.05) is 29.8 Å². The number of anilines is 1. The van der Waals surface area contributed by atoms with Crippen molar-refractivity contribution in [1.29, 1.82) is 0 Å². The summed E-state index contributed by atoms with van der Waals surface area (Å²) in [5.41, 5.74) is 0.251. The molecule has 0 amide bonds. The molecule has 0 bridgehead atoms. The fourth-order valence-corrected chi connectivity index (χ4v) is 5.46. The third-order valence-corrected chi connectivity index (χ3v) is 7.57. The van der Waals surface area contributed by atoms with Crippen molar-refractivity contribution in [2.75, 3.05) is 4.31 Å². The molecule has 0 saturated carbocycles. The summed E-state index contributed by atoms with van der Waals surface area (Å²) < 4.78 is 71.5. The van der Waals surface area contributed by atoms with Gasteiger partial charge in [-0.05, 0) is 60.2 Å². The van der Waals surface area contributed by atoms with Crippen LogP contribution in [0.3, 0.4) is 0 Å². The number of fused-ring (bicyclic) bond motifs is 1. The van der Waals surface area contributed by atoms with Gasteiger partial charge in [-0.3, -0.25) is 4.40 Å². The van der Waals surface area contributed by atoms with Crippen LogP contribution in [0.2, 0.25) is 5.15 Å². The van der Waals surface area contributed by atoms with Crippen LogP contribution in [0.25, 0.3) is 11.3 Å². The first-order valence-electron chi connectivity index (χ1n) is 10.6. The molecular weight excluding hydrogens is 515 g/mol. The van der Waals surface area contributed by atoms with Gasteiger partial charge < -0.3 is 0 Å². The van der Waals surface area contributed by atoms with Crippen molar-refractivity contribution in [2.24, 2.45) is 0 Å². The molecule has 5 rings (SSSR count). The van der Waals surface area contributed by atoms with Gasteiger partial charge in [0.1, 0.15) is 5.65 Å². The quantitative estimate of drug-likeness (QED) is 0.286. The van der Waals surface area contributed by atoms with Crippen molar-refractivity contribution in [2.45, 2.75) is 17.6 Å². The molecule has 184 valence electrons. The van der Waals surface area contributed by atoms with Crippen LogP contribution in [-0.4, -0.2) is 27.6 Å². The Labute approximate surface area is 209 Å². The molecule has 0 fully saturated rings. The monoisotopic (exact) mass is 531 g/mol. The minimum atomic E-state index is -4.58. The number of hydrogen-bond acceptors (Lipinski definition) is 4. The molecule has 0 N–H and O–H groups in total. The summed E-state index contributed by atoms with van der Waals surface area (Å²) in [6.07, 6.45) is 0.331. The Morgan fingerprint density at radius 2 is 1.72 bits per heavy atom. The Balaban J connectivity index is 1.61. The number of halogens is 4. The summed E-state index contributed by atoms with van der Waals surface area (Å²) in [5.74, 6) is -0.101. The van der Waals surface area contributed by atoms with E-state index in [-0.39, 0.29) is 21.4 Å². The maximum absolute atomic E-state index is 13.8. The van der Waals surface area contributed by atoms with Crippen molar-refractivity contribution in [3.8, 4) is 5.69 Å². The highest BCUT2D eigenvalue weighted by atomic mass is 35.5. The molecule has 0 aliphatic carbocycles. The van der Waals surface area contributed by atoms with Crippen molar-refractivity contribution < 1.29 is 21.6 Å². The fraction of sp³-hybridized carbons (Fsp3) is 0.0833. The first-order valence-corrected chi connectivity index (χ1v) is 12.4. The van der Waals surface area contributed by atoms with E-state index in [1.165, 1.54) is 28.7 Å². The first-order chi connectivity index (χ1) is 17.1. The average molecular weight is 532 g/mol. The summed E-state index contributed by atoms with van der Waals surface area (Å²) in [7, 11) is -4.29. The number of alkyl halides is 3. The van der Waals surface area contributed by atoms with Gasteiger partial charge in [0, 0.05) is 18.6 Å². The largest absolute Gasteiger partial charge is 0.416 e. The molecular formula is C24H17ClF3N5O2S. The van der Waals surface area contributed by atoms with E-state index >= 15 is 0 Å². The molecule has 36 heavy (non-hydrogen) atoms. The Hall–Kier alpha value is -3.83. The van der Waals surface area contributed by atoms with Crippen LogP contribution in [-0.2, 0) is 22.7 Å². The van der Waals surface area contributed by atoms with Gasteiger partial charge in [-0.15, -0.1) is 0 Å². The zero-order chi connectivity index (χ0) is 25.5. The normalized spacial score (nSPS) is 12.2. The summed E-state index contributed by atoms with van der Waals surface area (Å²) in [5, 5.41) is 4.12. The SMILES string of the molecule is O=S(=O)(c1ccc(-n2cccn2)cc1)N(Cc1cccc(C(F)(F)F)c1)c1nc2ccccn2c1Cl. The van der Waals surface area contributed by atoms with Crippen molar-refractivity contribution in [3.05, 3.63) is 108 Å². The average Bonchev–Trinajstić information content (AvgIpc) is 3.51. The second-order valence-electron chi connectivity index (χ2n) is 7.81. The lowest BCUT2D eigenvalue weighted by Crippen LogP contribution is -2.31. The number of benzene rings is 2. The smallest absolute Gasteiger partial charge is 0.289 e. The van der Waals surface area contributed by atoms with E-state index in [0.717, 1.165) is 16.4 Å². The van der Waals surface area contributed by atoms with Gasteiger partial charge in [0.15, 0.2) is 11.0 Å². The lowest BCUT2D eigenvalue weighted by atomic mass is 10.1. The second-order valence-corrected chi connectivity index (χ2v) is 10.0. The third-order valence-electron chi connectivity index (χ3n) is 5.47. The lowest BCUT2D eigenvalue weighted by molar-refractivity contribution is -0.137. The molecule has 3 aromatic heterocycles. The van der Waals surface area contributed by atoms with Crippen LogP contribution in [0, 0.1) is 0 Å². The summed E-state index contributed by atoms with van der Waals surface area (Å²) in [6, 6.07) is 17.2. The van der Waals surface area contributed by atoms with Crippen LogP contribution in [0.4, 0.5) is 19.0 Å². The van der Waals surface area contributed by atoms with Crippen LogP contribution in [0.15, 0.2) is 96.3 Å². The maximum atomic E-state index is 13.8. The number of hydrogen-bond donors (Lipinski definition) is 0. The molecule has 2 aromatic carbocycles. The topological polar surface area (TPSA) is 72.5 Å². The van der Waals surface area contributed by atoms with Crippen LogP contribution >= 0.6 is 11.6 Å². The Morgan fingerprint density at radius 3 is 2.39 bits per heavy atom. The molecule has 0 saturated heterocycles. The zero-order valence-electron chi connectivity index (χ0n) is 18.3. The number of imidazole rings is 1. The number of nitrogens with zero attached hydrogens (tertiary/aromatic N) is 5. The summed E-state index contributed by atoms with van der Waals surface area (Å²) >= 11 is 6.51. The number of sulfonamides is 1. The van der Waals surface area contributed by atoms with Crippen LogP contribution in [0.1, 0.15) is 11.1 Å². The fourth-order valence-electron chi connectivity index (χ4n) is 3.72. The molecule has 5 aromatic rings. The predicted octanol–water partition coefficient (Wildman–Crippen LogP) is 5.59. The number of pyridine rings is 1. The van der Waals surface area contributed by atoms with E-state index in [1.807, 2.05) is 0 Å². The summed E-state index contributed by atoms with van der Waals surface area (Å²) in [4.78, 5) is 4.29. The Bertz CT molecular complexity index is 1630. The molecule has 7 nitrogen and oxygen atoms in total. The Kier molecular flexibility index (Phi) is 5.97. The van der Waals surface area contributed by atoms with Crippen LogP contribution < -0.4 is 4.31 Å². The van der Waals surface area contributed by atoms with Gasteiger partial charge >= 0.3 is 6.18 Å². The molecule has 3 heterocycles. The molecule has 0 radical (unpaired) electrons. The number of rotatable bonds is 6. The van der Waals surface area contributed by atoms with E-state index < -0.39 is 28.3 Å². The maximum Gasteiger partial charge on any atom is 0.416 e. The van der Waals surface area contributed by atoms with E-state index in [4.69, 9.17) is 11.6 Å². The van der Waals surface area contributed by atoms with Gasteiger partial charge in [0.25, 0.3) is 10.0 Å². The highest BCUT2D eigenvalue weighted by molar-refractivity contribution is 7.92. The highest BCUT2D eigenvalue weighted by Crippen LogP contribution is 2.34. The van der Waals surface area contributed by atoms with Crippen molar-refractivity contribution in [3.63, 3.8) is 0 Å². The van der Waals surface area contributed by atoms with E-state index in [2.05, 4.69) is 10.1 Å². The van der Waals surface area contributed by atoms with Crippen molar-refractivity contribution in [1.82, 2.24) is 19.2 Å². The standard InChI is InChI=1S/C24H17ClF3N5O2S/c25-22-23(30-21-7-1-2-13-31(21)22)33(16-17-5-3-6-18(15-17)24(26,27)28)36(34,35)20-10-8-19(9-11-20)32-14-4-12-29-32/h1-15H,16H2. The summed E-state index contributed by atoms with van der Waals surface area (Å²) in [6.45, 7) is -0.420. The van der Waals surface area contributed by atoms with Gasteiger partial charge in [0.05, 0.1) is 22.7 Å². The van der Waals surface area contributed by atoms with Gasteiger partial charge in [-0.2, -0.15) is 18.3 Å². The molecule has 0 aliphatic rings. The lowest BCUT2D eigenvalue weighted by Gasteiger charge is -2.23. The Morgan fingerprint density at radius 1 is 0.944 bits per heavy atom. The number of aromatic nitrogens is 4. The van der Waals surface area contributed by atoms with Crippen molar-refractivity contribution >= 4 is 33.1 Å². The minimum absolute atomic E-state index is 0.00862. The molecule has 0 spiro atoms. The molecule has 12 heteroatoms. The predicted molar refractivity (Wildman–Crippen MR) is 129 cm³/mol.